The lowest BCUT2D eigenvalue weighted by atomic mass is 10.2. The normalized spacial score (nSPS) is 11.9. The van der Waals surface area contributed by atoms with Crippen LogP contribution in [0.2, 0.25) is 5.02 Å². The number of nitrogens with one attached hydrogen (secondary N) is 3. The Morgan fingerprint density at radius 1 is 1.03 bits per heavy atom. The lowest BCUT2D eigenvalue weighted by molar-refractivity contribution is -0.0690. The summed E-state index contributed by atoms with van der Waals surface area (Å²) in [5.41, 5.74) is 2.63. The van der Waals surface area contributed by atoms with E-state index in [1.807, 2.05) is 18.2 Å². The van der Waals surface area contributed by atoms with Gasteiger partial charge in [-0.15, -0.1) is 0 Å². The van der Waals surface area contributed by atoms with Crippen molar-refractivity contribution in [1.29, 1.82) is 5.26 Å². The number of fused-ring (bicyclic) bond motifs is 1. The van der Waals surface area contributed by atoms with Crippen molar-refractivity contribution >= 4 is 45.4 Å². The van der Waals surface area contributed by atoms with Gasteiger partial charge >= 0.3 is 6.43 Å². The van der Waals surface area contributed by atoms with Crippen LogP contribution in [0.5, 0.6) is 5.88 Å². The zero-order valence-corrected chi connectivity index (χ0v) is 16.9. The van der Waals surface area contributed by atoms with Crippen molar-refractivity contribution in [3.63, 3.8) is 0 Å². The van der Waals surface area contributed by atoms with Crippen molar-refractivity contribution in [3.05, 3.63) is 65.6 Å². The summed E-state index contributed by atoms with van der Waals surface area (Å²) < 4.78 is 41.9. The van der Waals surface area contributed by atoms with Crippen LogP contribution in [0.4, 0.5) is 36.1 Å². The zero-order valence-electron chi connectivity index (χ0n) is 16.1. The van der Waals surface area contributed by atoms with Gasteiger partial charge in [0.05, 0.1) is 16.9 Å². The summed E-state index contributed by atoms with van der Waals surface area (Å²) in [5, 5.41) is 16.9. The first kappa shape index (κ1) is 21.3. The predicted molar refractivity (Wildman–Crippen MR) is 115 cm³/mol. The lowest BCUT2D eigenvalue weighted by Crippen LogP contribution is -2.19. The van der Waals surface area contributed by atoms with Crippen LogP contribution >= 0.6 is 11.6 Å². The van der Waals surface area contributed by atoms with E-state index in [-0.39, 0.29) is 11.6 Å². The highest BCUT2D eigenvalue weighted by Gasteiger charge is 2.21. The van der Waals surface area contributed by atoms with Gasteiger partial charge in [0.2, 0.25) is 5.88 Å². The van der Waals surface area contributed by atoms with E-state index in [4.69, 9.17) is 11.6 Å². The van der Waals surface area contributed by atoms with Crippen LogP contribution in [0, 0.1) is 11.3 Å². The molecule has 7 nitrogen and oxygen atoms in total. The van der Waals surface area contributed by atoms with E-state index in [9.17, 15) is 18.4 Å². The van der Waals surface area contributed by atoms with E-state index >= 15 is 0 Å². The molecule has 0 aliphatic heterocycles. The molecule has 0 bridgehead atoms. The van der Waals surface area contributed by atoms with Gasteiger partial charge in [-0.3, -0.25) is 0 Å². The van der Waals surface area contributed by atoms with Crippen LogP contribution in [0.3, 0.4) is 0 Å². The Morgan fingerprint density at radius 3 is 2.56 bits per heavy atom. The second-order valence-electron chi connectivity index (χ2n) is 6.57. The summed E-state index contributed by atoms with van der Waals surface area (Å²) in [4.78, 5) is 11.1. The molecule has 11 heteroatoms. The minimum absolute atomic E-state index is 0.148. The lowest BCUT2D eigenvalue weighted by Gasteiger charge is -2.12. The maximum atomic E-state index is 13.0. The Hall–Kier alpha value is -3.97. The molecular formula is C21H14ClF3N6O. The zero-order chi connectivity index (χ0) is 22.7. The molecule has 0 radical (unpaired) electrons. The van der Waals surface area contributed by atoms with Crippen LogP contribution in [-0.2, 0) is 0 Å². The molecule has 0 fully saturated rings. The molecule has 0 aliphatic rings. The number of hydrogen-bond acceptors (Lipinski definition) is 6. The smallest absolute Gasteiger partial charge is 0.304 e. The van der Waals surface area contributed by atoms with Gasteiger partial charge in [0.1, 0.15) is 17.6 Å². The SMILES string of the molecule is N#Cc1cc(Nc2ccc(OC(F)C(F)F)nc2)cc(Nc2cc(Cl)c3cc[nH]c3c2)n1. The third-order valence-electron chi connectivity index (χ3n) is 4.29. The minimum Gasteiger partial charge on any atom is -0.437 e. The fourth-order valence-corrected chi connectivity index (χ4v) is 3.21. The molecule has 3 aromatic heterocycles. The van der Waals surface area contributed by atoms with Gasteiger partial charge in [-0.1, -0.05) is 11.6 Å². The third-order valence-corrected chi connectivity index (χ3v) is 4.60. The number of rotatable bonds is 7. The highest BCUT2D eigenvalue weighted by Crippen LogP contribution is 2.29. The maximum Gasteiger partial charge on any atom is 0.304 e. The number of alkyl halides is 3. The van der Waals surface area contributed by atoms with Crippen molar-refractivity contribution in [2.24, 2.45) is 0 Å². The number of aromatic nitrogens is 3. The molecule has 1 aromatic carbocycles. The summed E-state index contributed by atoms with van der Waals surface area (Å²) in [5.74, 6) is 0.105. The molecule has 3 N–H and O–H groups in total. The number of halogens is 4. The molecule has 0 saturated heterocycles. The Labute approximate surface area is 184 Å². The van der Waals surface area contributed by atoms with E-state index in [2.05, 4.69) is 30.3 Å². The van der Waals surface area contributed by atoms with E-state index in [1.54, 1.807) is 18.3 Å². The van der Waals surface area contributed by atoms with Gasteiger partial charge in [0.15, 0.2) is 0 Å². The second-order valence-corrected chi connectivity index (χ2v) is 6.98. The van der Waals surface area contributed by atoms with Crippen LogP contribution < -0.4 is 15.4 Å². The number of pyridine rings is 2. The summed E-state index contributed by atoms with van der Waals surface area (Å²) in [6.45, 7) is 0. The summed E-state index contributed by atoms with van der Waals surface area (Å²) >= 11 is 6.30. The van der Waals surface area contributed by atoms with Crippen LogP contribution in [0.25, 0.3) is 10.9 Å². The number of nitrogens with zero attached hydrogens (tertiary/aromatic N) is 3. The summed E-state index contributed by atoms with van der Waals surface area (Å²) in [6.07, 6.45) is -2.96. The molecule has 4 aromatic rings. The number of ether oxygens (including phenoxy) is 1. The van der Waals surface area contributed by atoms with Crippen molar-refractivity contribution in [3.8, 4) is 11.9 Å². The van der Waals surface area contributed by atoms with Gasteiger partial charge in [-0.05, 0) is 30.3 Å². The van der Waals surface area contributed by atoms with E-state index < -0.39 is 12.8 Å². The molecule has 4 rings (SSSR count). The fraction of sp³-hybridized carbons (Fsp3) is 0.0952. The molecule has 162 valence electrons. The van der Waals surface area contributed by atoms with Gasteiger partial charge in [0, 0.05) is 40.6 Å². The first-order valence-electron chi connectivity index (χ1n) is 9.19. The summed E-state index contributed by atoms with van der Waals surface area (Å²) in [7, 11) is 0. The first-order chi connectivity index (χ1) is 15.4. The van der Waals surface area contributed by atoms with Crippen molar-refractivity contribution in [1.82, 2.24) is 15.0 Å². The molecule has 0 spiro atoms. The molecular weight excluding hydrogens is 445 g/mol. The van der Waals surface area contributed by atoms with Gasteiger partial charge in [-0.25, -0.2) is 18.7 Å². The summed E-state index contributed by atoms with van der Waals surface area (Å²) in [6, 6.07) is 13.3. The highest BCUT2D eigenvalue weighted by molar-refractivity contribution is 6.35. The average Bonchev–Trinajstić information content (AvgIpc) is 3.24. The Balaban J connectivity index is 1.53. The maximum absolute atomic E-state index is 13.0. The number of H-pyrrole nitrogens is 1. The number of anilines is 4. The van der Waals surface area contributed by atoms with Crippen molar-refractivity contribution in [2.45, 2.75) is 12.8 Å². The Kier molecular flexibility index (Phi) is 6.00. The van der Waals surface area contributed by atoms with Crippen molar-refractivity contribution in [2.75, 3.05) is 10.6 Å². The van der Waals surface area contributed by atoms with E-state index in [0.29, 0.717) is 27.9 Å². The van der Waals surface area contributed by atoms with Crippen LogP contribution in [0.1, 0.15) is 5.69 Å². The standard InChI is InChI=1S/C21H14ClF3N6O/c22-16-6-13(7-17-15(16)3-4-27-17)30-18-8-12(5-14(9-26)31-18)29-11-1-2-19(28-10-11)32-21(25)20(23)24/h1-8,10,20-21,27H,(H2,29,30,31). The predicted octanol–water partition coefficient (Wildman–Crippen LogP) is 5.91. The quantitative estimate of drug-likeness (QED) is 0.318. The van der Waals surface area contributed by atoms with Crippen LogP contribution in [0.15, 0.2) is 54.9 Å². The molecule has 32 heavy (non-hydrogen) atoms. The monoisotopic (exact) mass is 458 g/mol. The molecule has 1 atom stereocenters. The molecule has 0 aliphatic carbocycles. The fourth-order valence-electron chi connectivity index (χ4n) is 2.92. The van der Waals surface area contributed by atoms with Gasteiger partial charge in [0.25, 0.3) is 6.36 Å². The topological polar surface area (TPSA) is 98.6 Å². The van der Waals surface area contributed by atoms with Gasteiger partial charge in [-0.2, -0.15) is 9.65 Å². The second kappa shape index (κ2) is 9.03. The molecule has 3 heterocycles. The highest BCUT2D eigenvalue weighted by atomic mass is 35.5. The molecule has 0 saturated carbocycles. The van der Waals surface area contributed by atoms with Crippen LogP contribution in [-0.4, -0.2) is 27.7 Å². The average molecular weight is 459 g/mol. The van der Waals surface area contributed by atoms with E-state index in [1.165, 1.54) is 24.4 Å². The Morgan fingerprint density at radius 2 is 1.84 bits per heavy atom. The van der Waals surface area contributed by atoms with Gasteiger partial charge < -0.3 is 20.4 Å². The first-order valence-corrected chi connectivity index (χ1v) is 9.57. The minimum atomic E-state index is -3.27. The van der Waals surface area contributed by atoms with Crippen molar-refractivity contribution < 1.29 is 17.9 Å². The molecule has 0 amide bonds. The number of benzene rings is 1. The van der Waals surface area contributed by atoms with E-state index in [0.717, 1.165) is 10.9 Å². The molecule has 1 unspecified atom stereocenters. The third kappa shape index (κ3) is 4.84. The number of hydrogen-bond donors (Lipinski definition) is 3. The largest absolute Gasteiger partial charge is 0.437 e. The number of aromatic amines is 1. The number of nitriles is 1. The Bertz CT molecular complexity index is 1290.